The number of nitrogens with zero attached hydrogens (tertiary/aromatic N) is 1. The number of amides is 2. The van der Waals surface area contributed by atoms with E-state index in [1.807, 2.05) is 30.0 Å². The molecule has 0 saturated carbocycles. The van der Waals surface area contributed by atoms with Crippen LogP contribution in [0.2, 0.25) is 5.02 Å². The van der Waals surface area contributed by atoms with Crippen molar-refractivity contribution < 1.29 is 14.3 Å². The van der Waals surface area contributed by atoms with Crippen LogP contribution in [0, 0.1) is 0 Å². The number of carbonyl (C=O) groups excluding carboxylic acids is 2. The first kappa shape index (κ1) is 18.6. The van der Waals surface area contributed by atoms with Gasteiger partial charge in [0.1, 0.15) is 17.9 Å². The molecule has 0 bridgehead atoms. The Morgan fingerprint density at radius 1 is 1.33 bits per heavy atom. The summed E-state index contributed by atoms with van der Waals surface area (Å²) in [4.78, 5) is 25.7. The lowest BCUT2D eigenvalue weighted by atomic mass is 10.0. The summed E-state index contributed by atoms with van der Waals surface area (Å²) in [6.45, 7) is 4.72. The molecule has 132 valence electrons. The highest BCUT2D eigenvalue weighted by Gasteiger charge is 2.29. The number of piperidine rings is 1. The van der Waals surface area contributed by atoms with Crippen LogP contribution in [0.1, 0.15) is 39.5 Å². The third kappa shape index (κ3) is 5.13. The highest BCUT2D eigenvalue weighted by molar-refractivity contribution is 6.32. The molecular weight excluding hydrogens is 328 g/mol. The molecular formula is C18H25ClN2O3. The zero-order valence-corrected chi connectivity index (χ0v) is 15.0. The Kier molecular flexibility index (Phi) is 6.91. The molecule has 1 aromatic rings. The van der Waals surface area contributed by atoms with E-state index in [1.54, 1.807) is 6.07 Å². The van der Waals surface area contributed by atoms with Gasteiger partial charge < -0.3 is 15.0 Å². The molecule has 1 aliphatic heterocycles. The Labute approximate surface area is 148 Å². The van der Waals surface area contributed by atoms with Crippen LogP contribution in [0.4, 0.5) is 0 Å². The molecule has 1 saturated heterocycles. The summed E-state index contributed by atoms with van der Waals surface area (Å²) < 4.78 is 5.95. The van der Waals surface area contributed by atoms with Crippen LogP contribution in [-0.4, -0.2) is 41.9 Å². The molecule has 1 atom stereocenters. The number of hydrogen-bond donors (Lipinski definition) is 1. The van der Waals surface area contributed by atoms with Gasteiger partial charge in [-0.05, 0) is 18.6 Å². The van der Waals surface area contributed by atoms with Gasteiger partial charge in [0.25, 0.3) is 0 Å². The summed E-state index contributed by atoms with van der Waals surface area (Å²) in [5.74, 6) is 0.521. The number of ether oxygens (including phenoxy) is 1. The Morgan fingerprint density at radius 3 is 2.58 bits per heavy atom. The molecule has 24 heavy (non-hydrogen) atoms. The van der Waals surface area contributed by atoms with Gasteiger partial charge in [-0.15, -0.1) is 0 Å². The number of carbonyl (C=O) groups is 2. The Morgan fingerprint density at radius 2 is 2.00 bits per heavy atom. The number of halogens is 1. The standard InChI is InChI=1S/C18H25ClN2O3/c1-3-6-16(20-13(2)22)18(23)21-11-9-14(10-12-21)24-17-8-5-4-7-15(17)19/h4-5,7-8,14,16H,3,6,9-12H2,1-2H3,(H,20,22)/t16-/m0/s1. The van der Waals surface area contributed by atoms with Crippen LogP contribution in [0.25, 0.3) is 0 Å². The van der Waals surface area contributed by atoms with Crippen molar-refractivity contribution in [3.8, 4) is 5.75 Å². The molecule has 6 heteroatoms. The second kappa shape index (κ2) is 8.92. The summed E-state index contributed by atoms with van der Waals surface area (Å²) in [5, 5.41) is 3.36. The Hall–Kier alpha value is -1.75. The zero-order valence-electron chi connectivity index (χ0n) is 14.3. The molecule has 1 heterocycles. The molecule has 0 spiro atoms. The smallest absolute Gasteiger partial charge is 0.245 e. The molecule has 2 rings (SSSR count). The molecule has 5 nitrogen and oxygen atoms in total. The van der Waals surface area contributed by atoms with Crippen molar-refractivity contribution in [2.45, 2.75) is 51.7 Å². The lowest BCUT2D eigenvalue weighted by Crippen LogP contribution is -2.51. The second-order valence-electron chi connectivity index (χ2n) is 6.11. The van der Waals surface area contributed by atoms with Crippen molar-refractivity contribution in [3.63, 3.8) is 0 Å². The van der Waals surface area contributed by atoms with Crippen molar-refractivity contribution in [1.29, 1.82) is 0 Å². The minimum Gasteiger partial charge on any atom is -0.489 e. The van der Waals surface area contributed by atoms with Gasteiger partial charge in [-0.1, -0.05) is 37.1 Å². The van der Waals surface area contributed by atoms with Crippen LogP contribution in [0.5, 0.6) is 5.75 Å². The Balaban J connectivity index is 1.88. The molecule has 0 unspecified atom stereocenters. The van der Waals surface area contributed by atoms with Gasteiger partial charge in [0, 0.05) is 32.9 Å². The van der Waals surface area contributed by atoms with Crippen LogP contribution in [-0.2, 0) is 9.59 Å². The van der Waals surface area contributed by atoms with E-state index < -0.39 is 6.04 Å². The quantitative estimate of drug-likeness (QED) is 0.856. The number of rotatable bonds is 6. The summed E-state index contributed by atoms with van der Waals surface area (Å²) in [6.07, 6.45) is 3.09. The van der Waals surface area contributed by atoms with Gasteiger partial charge in [-0.25, -0.2) is 0 Å². The van der Waals surface area contributed by atoms with E-state index >= 15 is 0 Å². The third-order valence-corrected chi connectivity index (χ3v) is 4.45. The third-order valence-electron chi connectivity index (χ3n) is 4.14. The monoisotopic (exact) mass is 352 g/mol. The molecule has 0 aromatic heterocycles. The van der Waals surface area contributed by atoms with Crippen LogP contribution < -0.4 is 10.1 Å². The SMILES string of the molecule is CCC[C@H](NC(C)=O)C(=O)N1CCC(Oc2ccccc2Cl)CC1. The number of hydrogen-bond acceptors (Lipinski definition) is 3. The zero-order chi connectivity index (χ0) is 17.5. The number of para-hydroxylation sites is 1. The Bertz CT molecular complexity index is 571. The lowest BCUT2D eigenvalue weighted by Gasteiger charge is -2.34. The van der Waals surface area contributed by atoms with Crippen LogP contribution in [0.3, 0.4) is 0 Å². The van der Waals surface area contributed by atoms with E-state index in [0.29, 0.717) is 30.3 Å². The van der Waals surface area contributed by atoms with Crippen molar-refractivity contribution in [2.75, 3.05) is 13.1 Å². The van der Waals surface area contributed by atoms with Gasteiger partial charge in [-0.2, -0.15) is 0 Å². The van der Waals surface area contributed by atoms with Gasteiger partial charge >= 0.3 is 0 Å². The first-order valence-corrected chi connectivity index (χ1v) is 8.86. The minimum absolute atomic E-state index is 0.00300. The molecule has 1 N–H and O–H groups in total. The predicted octanol–water partition coefficient (Wildman–Crippen LogP) is 3.01. The topological polar surface area (TPSA) is 58.6 Å². The van der Waals surface area contributed by atoms with Crippen molar-refractivity contribution >= 4 is 23.4 Å². The lowest BCUT2D eigenvalue weighted by molar-refractivity contribution is -0.137. The number of benzene rings is 1. The fourth-order valence-corrected chi connectivity index (χ4v) is 3.11. The maximum absolute atomic E-state index is 12.6. The van der Waals surface area contributed by atoms with Crippen molar-refractivity contribution in [1.82, 2.24) is 10.2 Å². The number of nitrogens with one attached hydrogen (secondary N) is 1. The van der Waals surface area contributed by atoms with Crippen LogP contribution in [0.15, 0.2) is 24.3 Å². The van der Waals surface area contributed by atoms with Crippen molar-refractivity contribution in [3.05, 3.63) is 29.3 Å². The second-order valence-corrected chi connectivity index (χ2v) is 6.52. The van der Waals surface area contributed by atoms with E-state index in [9.17, 15) is 9.59 Å². The van der Waals surface area contributed by atoms with Gasteiger partial charge in [0.2, 0.25) is 11.8 Å². The van der Waals surface area contributed by atoms with E-state index in [2.05, 4.69) is 5.32 Å². The normalized spacial score (nSPS) is 16.5. The average Bonchev–Trinajstić information content (AvgIpc) is 2.56. The molecule has 1 aromatic carbocycles. The van der Waals surface area contributed by atoms with Gasteiger partial charge in [0.05, 0.1) is 5.02 Å². The van der Waals surface area contributed by atoms with E-state index in [4.69, 9.17) is 16.3 Å². The largest absolute Gasteiger partial charge is 0.489 e. The van der Waals surface area contributed by atoms with Crippen LogP contribution >= 0.6 is 11.6 Å². The van der Waals surface area contributed by atoms with E-state index in [-0.39, 0.29) is 17.9 Å². The summed E-state index contributed by atoms with van der Waals surface area (Å²) in [7, 11) is 0. The maximum Gasteiger partial charge on any atom is 0.245 e. The minimum atomic E-state index is -0.423. The number of likely N-dealkylation sites (tertiary alicyclic amines) is 1. The highest BCUT2D eigenvalue weighted by Crippen LogP contribution is 2.27. The summed E-state index contributed by atoms with van der Waals surface area (Å²) in [6, 6.07) is 7.00. The average molecular weight is 353 g/mol. The molecule has 1 aliphatic rings. The maximum atomic E-state index is 12.6. The molecule has 0 radical (unpaired) electrons. The molecule has 2 amide bonds. The molecule has 1 fully saturated rings. The fraction of sp³-hybridized carbons (Fsp3) is 0.556. The fourth-order valence-electron chi connectivity index (χ4n) is 2.93. The van der Waals surface area contributed by atoms with Gasteiger partial charge in [0.15, 0.2) is 0 Å². The van der Waals surface area contributed by atoms with E-state index in [1.165, 1.54) is 6.92 Å². The van der Waals surface area contributed by atoms with Gasteiger partial charge in [-0.3, -0.25) is 9.59 Å². The predicted molar refractivity (Wildman–Crippen MR) is 94.2 cm³/mol. The molecule has 0 aliphatic carbocycles. The first-order valence-electron chi connectivity index (χ1n) is 8.48. The summed E-state index contributed by atoms with van der Waals surface area (Å²) in [5.41, 5.74) is 0. The van der Waals surface area contributed by atoms with Crippen molar-refractivity contribution in [2.24, 2.45) is 0 Å². The highest BCUT2D eigenvalue weighted by atomic mass is 35.5. The van der Waals surface area contributed by atoms with E-state index in [0.717, 1.165) is 19.3 Å². The summed E-state index contributed by atoms with van der Waals surface area (Å²) >= 11 is 6.12. The first-order chi connectivity index (χ1) is 11.5.